The Kier molecular flexibility index (Phi) is 6.85. The number of nitrogens with one attached hydrogen (secondary N) is 1. The first-order chi connectivity index (χ1) is 6.74. The fourth-order valence-corrected chi connectivity index (χ4v) is 0.793. The van der Waals surface area contributed by atoms with Crippen molar-refractivity contribution < 1.29 is 13.6 Å². The van der Waals surface area contributed by atoms with Crippen LogP contribution in [0.25, 0.3) is 0 Å². The maximum absolute atomic E-state index is 12.0. The highest BCUT2D eigenvalue weighted by molar-refractivity contribution is 7.15. The van der Waals surface area contributed by atoms with Crippen molar-refractivity contribution in [1.29, 1.82) is 0 Å². The zero-order valence-corrected chi connectivity index (χ0v) is 8.86. The Hall–Kier alpha value is -1.02. The lowest BCUT2D eigenvalue weighted by Gasteiger charge is -2.00. The van der Waals surface area contributed by atoms with E-state index in [2.05, 4.69) is 14.6 Å². The summed E-state index contributed by atoms with van der Waals surface area (Å²) in [5, 5.41) is 2.35. The monoisotopic (exact) mass is 219 g/mol. The maximum atomic E-state index is 12.0. The summed E-state index contributed by atoms with van der Waals surface area (Å²) in [5.74, 6) is 0. The Morgan fingerprint density at radius 3 is 2.14 bits per heavy atom. The second-order valence-electron chi connectivity index (χ2n) is 2.18. The highest BCUT2D eigenvalue weighted by Gasteiger charge is 2.04. The molecule has 0 aliphatic rings. The summed E-state index contributed by atoms with van der Waals surface area (Å²) >= 11 is 0. The Labute approximate surface area is 83.9 Å². The number of benzene rings is 1. The van der Waals surface area contributed by atoms with Crippen molar-refractivity contribution in [3.63, 3.8) is 0 Å². The molecule has 0 saturated carbocycles. The normalized spacial score (nSPS) is 8.93. The van der Waals surface area contributed by atoms with Gasteiger partial charge >= 0.3 is 0 Å². The topological polar surface area (TPSA) is 29.1 Å². The van der Waals surface area contributed by atoms with Crippen LogP contribution in [0.4, 0.5) is 14.5 Å². The SMILES string of the molecule is CP.O=CNc1ccc(C(F)F)cc1. The van der Waals surface area contributed by atoms with Gasteiger partial charge in [0.25, 0.3) is 6.43 Å². The molecule has 1 rings (SSSR count). The quantitative estimate of drug-likeness (QED) is 0.614. The summed E-state index contributed by atoms with van der Waals surface area (Å²) in [6.45, 7) is 1.92. The molecule has 0 bridgehead atoms. The number of hydrogen-bond acceptors (Lipinski definition) is 1. The summed E-state index contributed by atoms with van der Waals surface area (Å²) in [4.78, 5) is 9.93. The molecule has 1 aromatic carbocycles. The zero-order valence-electron chi connectivity index (χ0n) is 7.71. The molecule has 14 heavy (non-hydrogen) atoms. The van der Waals surface area contributed by atoms with Gasteiger partial charge in [0.2, 0.25) is 6.41 Å². The van der Waals surface area contributed by atoms with Gasteiger partial charge in [0, 0.05) is 11.3 Å². The molecule has 5 heteroatoms. The number of carbonyl (C=O) groups is 1. The van der Waals surface area contributed by atoms with Crippen molar-refractivity contribution in [2.24, 2.45) is 0 Å². The van der Waals surface area contributed by atoms with E-state index in [-0.39, 0.29) is 5.56 Å². The highest BCUT2D eigenvalue weighted by Crippen LogP contribution is 2.19. The van der Waals surface area contributed by atoms with Gasteiger partial charge in [-0.3, -0.25) is 4.79 Å². The molecule has 1 aromatic rings. The highest BCUT2D eigenvalue weighted by atomic mass is 31.0. The summed E-state index contributed by atoms with van der Waals surface area (Å²) in [6, 6.07) is 5.40. The molecule has 78 valence electrons. The van der Waals surface area contributed by atoms with Crippen molar-refractivity contribution in [1.82, 2.24) is 0 Å². The lowest BCUT2D eigenvalue weighted by atomic mass is 10.2. The fraction of sp³-hybridized carbons (Fsp3) is 0.222. The van der Waals surface area contributed by atoms with Gasteiger partial charge in [-0.25, -0.2) is 8.78 Å². The molecule has 0 fully saturated rings. The summed E-state index contributed by atoms with van der Waals surface area (Å²) < 4.78 is 24.0. The largest absolute Gasteiger partial charge is 0.329 e. The first-order valence-corrected chi connectivity index (χ1v) is 5.05. The van der Waals surface area contributed by atoms with Gasteiger partial charge in [0.05, 0.1) is 0 Å². The van der Waals surface area contributed by atoms with Crippen LogP contribution in [0.2, 0.25) is 0 Å². The lowest BCUT2D eigenvalue weighted by molar-refractivity contribution is -0.105. The Bertz CT molecular complexity index is 264. The second kappa shape index (κ2) is 7.39. The Morgan fingerprint density at radius 2 is 1.79 bits per heavy atom. The van der Waals surface area contributed by atoms with Gasteiger partial charge in [0.15, 0.2) is 0 Å². The van der Waals surface area contributed by atoms with Crippen LogP contribution in [0.1, 0.15) is 12.0 Å². The predicted octanol–water partition coefficient (Wildman–Crippen LogP) is 2.68. The van der Waals surface area contributed by atoms with E-state index in [0.29, 0.717) is 12.1 Å². The molecule has 0 radical (unpaired) electrons. The fourth-order valence-electron chi connectivity index (χ4n) is 0.793. The van der Waals surface area contributed by atoms with Crippen LogP contribution >= 0.6 is 9.24 Å². The van der Waals surface area contributed by atoms with Crippen molar-refractivity contribution in [2.45, 2.75) is 6.43 Å². The summed E-state index contributed by atoms with van der Waals surface area (Å²) in [5.41, 5.74) is 0.459. The molecule has 1 unspecified atom stereocenters. The van der Waals surface area contributed by atoms with Crippen LogP contribution < -0.4 is 5.32 Å². The van der Waals surface area contributed by atoms with E-state index in [1.54, 1.807) is 0 Å². The smallest absolute Gasteiger partial charge is 0.263 e. The third-order valence-corrected chi connectivity index (χ3v) is 1.39. The van der Waals surface area contributed by atoms with Crippen LogP contribution in [-0.2, 0) is 4.79 Å². The average molecular weight is 219 g/mol. The van der Waals surface area contributed by atoms with Gasteiger partial charge in [-0.2, -0.15) is 0 Å². The molecule has 1 N–H and O–H groups in total. The molecular weight excluding hydrogens is 207 g/mol. The number of anilines is 1. The Balaban J connectivity index is 0.000000791. The van der Waals surface area contributed by atoms with Crippen LogP contribution in [0, 0.1) is 0 Å². The number of alkyl halides is 2. The summed E-state index contributed by atoms with van der Waals surface area (Å²) in [6.07, 6.45) is -1.97. The third kappa shape index (κ3) is 4.28. The van der Waals surface area contributed by atoms with Crippen LogP contribution in [0.15, 0.2) is 24.3 Å². The van der Waals surface area contributed by atoms with Crippen molar-refractivity contribution in [3.05, 3.63) is 29.8 Å². The number of halogens is 2. The van der Waals surface area contributed by atoms with Crippen LogP contribution in [0.3, 0.4) is 0 Å². The van der Waals surface area contributed by atoms with Gasteiger partial charge in [-0.05, 0) is 12.1 Å². The predicted molar refractivity (Wildman–Crippen MR) is 56.7 cm³/mol. The van der Waals surface area contributed by atoms with Crippen LogP contribution in [0.5, 0.6) is 0 Å². The minimum atomic E-state index is -2.46. The molecule has 0 aliphatic carbocycles. The van der Waals surface area contributed by atoms with Crippen molar-refractivity contribution >= 4 is 21.3 Å². The Morgan fingerprint density at radius 1 is 1.29 bits per heavy atom. The molecule has 1 amide bonds. The number of carbonyl (C=O) groups excluding carboxylic acids is 1. The van der Waals surface area contributed by atoms with Crippen molar-refractivity contribution in [3.8, 4) is 0 Å². The molecular formula is C9H12F2NOP. The van der Waals surface area contributed by atoms with E-state index >= 15 is 0 Å². The molecule has 1 atom stereocenters. The average Bonchev–Trinajstić information content (AvgIpc) is 2.22. The van der Waals surface area contributed by atoms with Gasteiger partial charge in [-0.1, -0.05) is 18.8 Å². The molecule has 0 heterocycles. The first kappa shape index (κ1) is 13.0. The van der Waals surface area contributed by atoms with E-state index in [1.807, 2.05) is 6.66 Å². The number of rotatable bonds is 3. The van der Waals surface area contributed by atoms with E-state index in [9.17, 15) is 13.6 Å². The lowest BCUT2D eigenvalue weighted by Crippen LogP contribution is -1.93. The minimum absolute atomic E-state index is 0.0496. The molecule has 2 nitrogen and oxygen atoms in total. The van der Waals surface area contributed by atoms with E-state index in [1.165, 1.54) is 24.3 Å². The third-order valence-electron chi connectivity index (χ3n) is 1.39. The van der Waals surface area contributed by atoms with Gasteiger partial charge < -0.3 is 5.32 Å². The van der Waals surface area contributed by atoms with E-state index < -0.39 is 6.43 Å². The minimum Gasteiger partial charge on any atom is -0.329 e. The standard InChI is InChI=1S/C8H7F2NO.CH5P/c9-8(10)6-1-3-7(4-2-6)11-5-12;1-2/h1-5,8H,(H,11,12);2H2,1H3. The van der Waals surface area contributed by atoms with E-state index in [0.717, 1.165) is 0 Å². The molecule has 0 aliphatic heterocycles. The zero-order chi connectivity index (χ0) is 11.0. The van der Waals surface area contributed by atoms with Crippen molar-refractivity contribution in [2.75, 3.05) is 12.0 Å². The van der Waals surface area contributed by atoms with Crippen LogP contribution in [-0.4, -0.2) is 13.1 Å². The maximum Gasteiger partial charge on any atom is 0.263 e. The summed E-state index contributed by atoms with van der Waals surface area (Å²) in [7, 11) is 2.42. The van der Waals surface area contributed by atoms with Gasteiger partial charge in [-0.15, -0.1) is 9.24 Å². The molecule has 0 aromatic heterocycles. The van der Waals surface area contributed by atoms with E-state index in [4.69, 9.17) is 0 Å². The van der Waals surface area contributed by atoms with Gasteiger partial charge in [0.1, 0.15) is 0 Å². The second-order valence-corrected chi connectivity index (χ2v) is 2.18. The first-order valence-electron chi connectivity index (χ1n) is 3.90. The molecule has 0 spiro atoms. The number of amides is 1. The molecule has 0 saturated heterocycles. The number of hydrogen-bond donors (Lipinski definition) is 1.